The predicted octanol–water partition coefficient (Wildman–Crippen LogP) is 1.77. The van der Waals surface area contributed by atoms with Crippen molar-refractivity contribution in [2.24, 2.45) is 0 Å². The predicted molar refractivity (Wildman–Crippen MR) is 81.4 cm³/mol. The van der Waals surface area contributed by atoms with Crippen LogP contribution < -0.4 is 11.1 Å². The average molecular weight is 320 g/mol. The fraction of sp³-hybridized carbons (Fsp3) is 0.583. The number of ether oxygens (including phenoxy) is 1. The van der Waals surface area contributed by atoms with E-state index in [0.29, 0.717) is 23.0 Å². The maximum absolute atomic E-state index is 12.1. The fourth-order valence-electron chi connectivity index (χ4n) is 1.63. The zero-order valence-corrected chi connectivity index (χ0v) is 13.5. The number of nitrogens with two attached hydrogens (primary N) is 1. The highest BCUT2D eigenvalue weighted by atomic mass is 32.2. The van der Waals surface area contributed by atoms with Crippen molar-refractivity contribution in [3.63, 3.8) is 0 Å². The van der Waals surface area contributed by atoms with E-state index in [0.717, 1.165) is 11.3 Å². The van der Waals surface area contributed by atoms with Crippen molar-refractivity contribution in [1.29, 1.82) is 0 Å². The molecule has 0 fully saturated rings. The molecule has 0 amide bonds. The molecular weight excluding hydrogens is 300 g/mol. The van der Waals surface area contributed by atoms with Crippen molar-refractivity contribution >= 4 is 37.6 Å². The van der Waals surface area contributed by atoms with Gasteiger partial charge in [-0.05, 0) is 0 Å². The quantitative estimate of drug-likeness (QED) is 0.559. The third-order valence-electron chi connectivity index (χ3n) is 2.76. The molecule has 0 bridgehead atoms. The highest BCUT2D eigenvalue weighted by Crippen LogP contribution is 2.40. The lowest BCUT2D eigenvalue weighted by atomic mass is 10.2. The fourth-order valence-corrected chi connectivity index (χ4v) is 4.33. The Morgan fingerprint density at radius 1 is 1.40 bits per heavy atom. The first-order chi connectivity index (χ1) is 9.38. The Bertz CT molecular complexity index is 579. The van der Waals surface area contributed by atoms with Gasteiger partial charge in [-0.1, -0.05) is 13.8 Å². The summed E-state index contributed by atoms with van der Waals surface area (Å²) in [6.07, 6.45) is 0.286. The van der Waals surface area contributed by atoms with Gasteiger partial charge >= 0.3 is 0 Å². The van der Waals surface area contributed by atoms with E-state index in [2.05, 4.69) is 5.32 Å². The van der Waals surface area contributed by atoms with Gasteiger partial charge in [-0.3, -0.25) is 4.79 Å². The molecule has 0 aliphatic rings. The number of Topliss-reactive ketones (excluding diaryl/α,β-unsaturated/α-hetero) is 1. The third kappa shape index (κ3) is 3.50. The summed E-state index contributed by atoms with van der Waals surface area (Å²) in [5.74, 6) is -0.216. The van der Waals surface area contributed by atoms with Gasteiger partial charge in [0.2, 0.25) is 0 Å². The number of carbonyl (C=O) groups is 1. The Hall–Kier alpha value is -1.12. The highest BCUT2D eigenvalue weighted by Gasteiger charge is 2.27. The number of nitrogen functional groups attached to an aromatic ring is 1. The molecule has 1 rings (SSSR count). The molecule has 0 spiro atoms. The molecule has 0 aliphatic carbocycles. The Morgan fingerprint density at radius 3 is 2.55 bits per heavy atom. The summed E-state index contributed by atoms with van der Waals surface area (Å²) in [5.41, 5.74) is 5.94. The lowest BCUT2D eigenvalue weighted by Gasteiger charge is -2.07. The van der Waals surface area contributed by atoms with Crippen molar-refractivity contribution in [1.82, 2.24) is 0 Å². The van der Waals surface area contributed by atoms with Crippen LogP contribution in [-0.4, -0.2) is 40.2 Å². The molecule has 0 unspecified atom stereocenters. The van der Waals surface area contributed by atoms with E-state index in [4.69, 9.17) is 10.5 Å². The first-order valence-corrected chi connectivity index (χ1v) is 8.76. The molecule has 0 aliphatic heterocycles. The SMILES string of the molecule is CCC(=O)c1sc(NCCOC)c(S(=O)(=O)CC)c1N. The molecule has 3 N–H and O–H groups in total. The second-order valence-electron chi connectivity index (χ2n) is 4.10. The van der Waals surface area contributed by atoms with Gasteiger partial charge in [0.1, 0.15) is 9.90 Å². The van der Waals surface area contributed by atoms with Crippen molar-refractivity contribution in [2.45, 2.75) is 25.2 Å². The molecule has 1 aromatic rings. The number of thiophene rings is 1. The third-order valence-corrected chi connectivity index (χ3v) is 5.90. The smallest absolute Gasteiger partial charge is 0.183 e. The Kier molecular flexibility index (Phi) is 5.97. The number of methoxy groups -OCH3 is 1. The highest BCUT2D eigenvalue weighted by molar-refractivity contribution is 7.91. The summed E-state index contributed by atoms with van der Waals surface area (Å²) >= 11 is 1.09. The molecule has 1 heterocycles. The molecule has 1 aromatic heterocycles. The summed E-state index contributed by atoms with van der Waals surface area (Å²) in [4.78, 5) is 12.2. The van der Waals surface area contributed by atoms with Gasteiger partial charge in [0.25, 0.3) is 0 Å². The van der Waals surface area contributed by atoms with Crippen LogP contribution >= 0.6 is 11.3 Å². The molecule has 6 nitrogen and oxygen atoms in total. The molecule has 0 aromatic carbocycles. The molecule has 8 heteroatoms. The number of rotatable bonds is 8. The maximum atomic E-state index is 12.1. The second-order valence-corrected chi connectivity index (χ2v) is 7.34. The van der Waals surface area contributed by atoms with Crippen LogP contribution in [0.25, 0.3) is 0 Å². The molecule has 0 atom stereocenters. The van der Waals surface area contributed by atoms with E-state index in [9.17, 15) is 13.2 Å². The Labute approximate surface area is 123 Å². The van der Waals surface area contributed by atoms with Gasteiger partial charge in [0.05, 0.1) is 22.9 Å². The van der Waals surface area contributed by atoms with E-state index in [1.807, 2.05) is 0 Å². The molecule has 114 valence electrons. The summed E-state index contributed by atoms with van der Waals surface area (Å²) < 4.78 is 29.2. The van der Waals surface area contributed by atoms with Gasteiger partial charge < -0.3 is 15.8 Å². The first-order valence-electron chi connectivity index (χ1n) is 6.30. The molecule has 0 radical (unpaired) electrons. The second kappa shape index (κ2) is 7.05. The number of hydrogen-bond donors (Lipinski definition) is 2. The van der Waals surface area contributed by atoms with Crippen LogP contribution in [0.1, 0.15) is 29.9 Å². The van der Waals surface area contributed by atoms with Crippen LogP contribution in [-0.2, 0) is 14.6 Å². The van der Waals surface area contributed by atoms with E-state index >= 15 is 0 Å². The van der Waals surface area contributed by atoms with Crippen LogP contribution in [0, 0.1) is 0 Å². The minimum atomic E-state index is -3.49. The standard InChI is InChI=1S/C12H20N2O4S2/c1-4-8(15)10-9(13)11(20(16,17)5-2)12(19-10)14-6-7-18-3/h14H,4-7,13H2,1-3H3. The van der Waals surface area contributed by atoms with E-state index in [1.165, 1.54) is 0 Å². The zero-order chi connectivity index (χ0) is 15.3. The average Bonchev–Trinajstić information content (AvgIpc) is 2.76. The van der Waals surface area contributed by atoms with Crippen LogP contribution in [0.5, 0.6) is 0 Å². The van der Waals surface area contributed by atoms with Crippen molar-refractivity contribution < 1.29 is 17.9 Å². The molecule has 0 saturated heterocycles. The summed E-state index contributed by atoms with van der Waals surface area (Å²) in [6.45, 7) is 4.14. The van der Waals surface area contributed by atoms with Crippen molar-refractivity contribution in [2.75, 3.05) is 37.1 Å². The van der Waals surface area contributed by atoms with Gasteiger partial charge in [-0.2, -0.15) is 0 Å². The van der Waals surface area contributed by atoms with Crippen LogP contribution in [0.3, 0.4) is 0 Å². The number of carbonyl (C=O) groups excluding carboxylic acids is 1. The monoisotopic (exact) mass is 320 g/mol. The van der Waals surface area contributed by atoms with Gasteiger partial charge in [0.15, 0.2) is 15.6 Å². The lowest BCUT2D eigenvalue weighted by Crippen LogP contribution is -2.12. The van der Waals surface area contributed by atoms with Crippen LogP contribution in [0.4, 0.5) is 10.7 Å². The summed E-state index contributed by atoms with van der Waals surface area (Å²) in [5, 5.41) is 3.39. The topological polar surface area (TPSA) is 98.5 Å². The minimum Gasteiger partial charge on any atom is -0.396 e. The van der Waals surface area contributed by atoms with E-state index in [1.54, 1.807) is 21.0 Å². The Balaban J connectivity index is 3.30. The van der Waals surface area contributed by atoms with Crippen LogP contribution in [0.15, 0.2) is 4.90 Å². The number of nitrogens with one attached hydrogen (secondary N) is 1. The minimum absolute atomic E-state index is 0.0397. The summed E-state index contributed by atoms with van der Waals surface area (Å²) in [7, 11) is -1.93. The first kappa shape index (κ1) is 16.9. The molecule has 20 heavy (non-hydrogen) atoms. The van der Waals surface area contributed by atoms with E-state index < -0.39 is 9.84 Å². The van der Waals surface area contributed by atoms with Crippen molar-refractivity contribution in [3.8, 4) is 0 Å². The van der Waals surface area contributed by atoms with Gasteiger partial charge in [-0.15, -0.1) is 11.3 Å². The maximum Gasteiger partial charge on any atom is 0.183 e. The van der Waals surface area contributed by atoms with E-state index in [-0.39, 0.29) is 28.5 Å². The number of hydrogen-bond acceptors (Lipinski definition) is 7. The van der Waals surface area contributed by atoms with Crippen LogP contribution in [0.2, 0.25) is 0 Å². The number of anilines is 2. The van der Waals surface area contributed by atoms with Gasteiger partial charge in [-0.25, -0.2) is 8.42 Å². The number of ketones is 1. The Morgan fingerprint density at radius 2 is 2.05 bits per heavy atom. The van der Waals surface area contributed by atoms with Gasteiger partial charge in [0, 0.05) is 20.1 Å². The van der Waals surface area contributed by atoms with Crippen molar-refractivity contribution in [3.05, 3.63) is 4.88 Å². The molecule has 0 saturated carbocycles. The lowest BCUT2D eigenvalue weighted by molar-refractivity contribution is 0.0992. The number of sulfone groups is 1. The zero-order valence-electron chi connectivity index (χ0n) is 11.9. The molecular formula is C12H20N2O4S2. The largest absolute Gasteiger partial charge is 0.396 e. The summed E-state index contributed by atoms with van der Waals surface area (Å²) in [6, 6.07) is 0. The normalized spacial score (nSPS) is 11.6.